The van der Waals surface area contributed by atoms with Crippen LogP contribution in [-0.2, 0) is 0 Å². The Hall–Kier alpha value is -1.58. The minimum Gasteiger partial charge on any atom is -0.305 e. The number of halogens is 2. The number of para-hydroxylation sites is 1. The van der Waals surface area contributed by atoms with Crippen molar-refractivity contribution in [1.82, 2.24) is 4.98 Å². The molecule has 1 aliphatic heterocycles. The highest BCUT2D eigenvalue weighted by atomic mass is 35.5. The lowest BCUT2D eigenvalue weighted by Crippen LogP contribution is -2.25. The van der Waals surface area contributed by atoms with E-state index < -0.39 is 0 Å². The van der Waals surface area contributed by atoms with E-state index in [0.29, 0.717) is 22.8 Å². The minimum absolute atomic E-state index is 0.320. The summed E-state index contributed by atoms with van der Waals surface area (Å²) in [5.41, 5.74) is 4.51. The summed E-state index contributed by atoms with van der Waals surface area (Å²) in [5, 5.41) is 0.767. The summed E-state index contributed by atoms with van der Waals surface area (Å²) in [5.74, 6) is 1.22. The molecule has 2 aromatic rings. The van der Waals surface area contributed by atoms with E-state index >= 15 is 0 Å². The number of pyridine rings is 1. The highest BCUT2D eigenvalue weighted by molar-refractivity contribution is 6.41. The van der Waals surface area contributed by atoms with Crippen LogP contribution < -0.4 is 4.90 Å². The molecule has 1 aromatic heterocycles. The number of aromatic nitrogens is 1. The number of rotatable bonds is 2. The molecule has 0 fully saturated rings. The zero-order chi connectivity index (χ0) is 15.9. The maximum absolute atomic E-state index is 6.13. The summed E-state index contributed by atoms with van der Waals surface area (Å²) in [7, 11) is 0. The molecule has 0 unspecified atom stereocenters. The first-order valence-corrected chi connectivity index (χ1v) is 7.97. The summed E-state index contributed by atoms with van der Waals surface area (Å²) in [6.07, 6.45) is 1.80. The van der Waals surface area contributed by atoms with Gasteiger partial charge in [-0.15, -0.1) is 0 Å². The van der Waals surface area contributed by atoms with Crippen LogP contribution >= 0.6 is 23.2 Å². The van der Waals surface area contributed by atoms with Crippen LogP contribution in [0.25, 0.3) is 0 Å². The third-order valence-electron chi connectivity index (χ3n) is 3.81. The van der Waals surface area contributed by atoms with Crippen LogP contribution in [0.1, 0.15) is 36.5 Å². The molecule has 114 valence electrons. The quantitative estimate of drug-likeness (QED) is 0.693. The first kappa shape index (κ1) is 15.3. The number of benzene rings is 1. The van der Waals surface area contributed by atoms with Crippen LogP contribution in [-0.4, -0.2) is 17.9 Å². The SMILES string of the molecule is Cc1cccc(C(C)C)c1N1CN=Cc2cc(Cl)c(Cl)nc21. The van der Waals surface area contributed by atoms with Gasteiger partial charge in [0.25, 0.3) is 0 Å². The van der Waals surface area contributed by atoms with E-state index in [0.717, 1.165) is 17.1 Å². The minimum atomic E-state index is 0.320. The first-order chi connectivity index (χ1) is 10.5. The second kappa shape index (κ2) is 5.90. The third-order valence-corrected chi connectivity index (χ3v) is 4.48. The highest BCUT2D eigenvalue weighted by Crippen LogP contribution is 2.38. The number of hydrogen-bond donors (Lipinski definition) is 0. The molecule has 0 amide bonds. The van der Waals surface area contributed by atoms with E-state index in [-0.39, 0.29) is 0 Å². The van der Waals surface area contributed by atoms with Crippen molar-refractivity contribution in [3.8, 4) is 0 Å². The molecule has 0 bridgehead atoms. The Morgan fingerprint density at radius 1 is 1.23 bits per heavy atom. The van der Waals surface area contributed by atoms with Gasteiger partial charge in [0.1, 0.15) is 17.6 Å². The molecular weight excluding hydrogens is 317 g/mol. The van der Waals surface area contributed by atoms with Gasteiger partial charge in [-0.1, -0.05) is 55.2 Å². The number of hydrogen-bond acceptors (Lipinski definition) is 3. The van der Waals surface area contributed by atoms with Crippen LogP contribution in [0.4, 0.5) is 11.5 Å². The van der Waals surface area contributed by atoms with E-state index in [1.807, 2.05) is 6.07 Å². The standard InChI is InChI=1S/C17H17Cl2N3/c1-10(2)13-6-4-5-11(3)15(13)22-9-20-8-12-7-14(18)16(19)21-17(12)22/h4-8,10H,9H2,1-3H3. The second-order valence-electron chi connectivity index (χ2n) is 5.72. The van der Waals surface area contributed by atoms with Crippen molar-refractivity contribution in [3.63, 3.8) is 0 Å². The lowest BCUT2D eigenvalue weighted by atomic mass is 9.97. The second-order valence-corrected chi connectivity index (χ2v) is 6.49. The first-order valence-electron chi connectivity index (χ1n) is 7.22. The smallest absolute Gasteiger partial charge is 0.150 e. The molecule has 0 spiro atoms. The zero-order valence-corrected chi connectivity index (χ0v) is 14.3. The van der Waals surface area contributed by atoms with E-state index in [1.54, 1.807) is 6.21 Å². The van der Waals surface area contributed by atoms with E-state index in [4.69, 9.17) is 23.2 Å². The van der Waals surface area contributed by atoms with Crippen LogP contribution in [0.15, 0.2) is 29.3 Å². The van der Waals surface area contributed by atoms with E-state index in [1.165, 1.54) is 11.1 Å². The molecule has 0 saturated heterocycles. The van der Waals surface area contributed by atoms with Gasteiger partial charge in [-0.2, -0.15) is 0 Å². The van der Waals surface area contributed by atoms with E-state index in [2.05, 4.69) is 53.8 Å². The molecule has 0 saturated carbocycles. The zero-order valence-electron chi connectivity index (χ0n) is 12.8. The Morgan fingerprint density at radius 2 is 2.00 bits per heavy atom. The summed E-state index contributed by atoms with van der Waals surface area (Å²) in [6.45, 7) is 7.02. The topological polar surface area (TPSA) is 28.5 Å². The Kier molecular flexibility index (Phi) is 4.11. The van der Waals surface area contributed by atoms with Crippen molar-refractivity contribution in [2.24, 2.45) is 4.99 Å². The summed E-state index contributed by atoms with van der Waals surface area (Å²) in [4.78, 5) is 11.0. The molecule has 2 heterocycles. The van der Waals surface area contributed by atoms with Gasteiger partial charge in [0, 0.05) is 11.8 Å². The monoisotopic (exact) mass is 333 g/mol. The lowest BCUT2D eigenvalue weighted by Gasteiger charge is -2.30. The van der Waals surface area contributed by atoms with Crippen molar-refractivity contribution in [3.05, 3.63) is 51.1 Å². The fraction of sp³-hybridized carbons (Fsp3) is 0.294. The van der Waals surface area contributed by atoms with Gasteiger partial charge in [0.15, 0.2) is 0 Å². The van der Waals surface area contributed by atoms with Crippen LogP contribution in [0.2, 0.25) is 10.2 Å². The number of anilines is 2. The van der Waals surface area contributed by atoms with Gasteiger partial charge < -0.3 is 4.90 Å². The molecule has 0 N–H and O–H groups in total. The van der Waals surface area contributed by atoms with Gasteiger partial charge in [0.2, 0.25) is 0 Å². The molecule has 0 radical (unpaired) electrons. The summed E-state index contributed by atoms with van der Waals surface area (Å²) < 4.78 is 0. The number of fused-ring (bicyclic) bond motifs is 1. The fourth-order valence-electron chi connectivity index (χ4n) is 2.76. The van der Waals surface area contributed by atoms with Gasteiger partial charge in [0.05, 0.1) is 10.7 Å². The number of nitrogens with zero attached hydrogens (tertiary/aromatic N) is 3. The van der Waals surface area contributed by atoms with Crippen LogP contribution in [0.5, 0.6) is 0 Å². The number of aliphatic imine (C=N–C) groups is 1. The Morgan fingerprint density at radius 3 is 2.73 bits per heavy atom. The lowest BCUT2D eigenvalue weighted by molar-refractivity contribution is 0.843. The maximum Gasteiger partial charge on any atom is 0.150 e. The van der Waals surface area contributed by atoms with Crippen molar-refractivity contribution in [1.29, 1.82) is 0 Å². The number of aryl methyl sites for hydroxylation is 1. The average molecular weight is 334 g/mol. The van der Waals surface area contributed by atoms with Gasteiger partial charge in [-0.25, -0.2) is 4.98 Å². The van der Waals surface area contributed by atoms with Crippen LogP contribution in [0.3, 0.4) is 0 Å². The van der Waals surface area contributed by atoms with Gasteiger partial charge in [-0.05, 0) is 30.0 Å². The van der Waals surface area contributed by atoms with Gasteiger partial charge >= 0.3 is 0 Å². The highest BCUT2D eigenvalue weighted by Gasteiger charge is 2.23. The predicted molar refractivity (Wildman–Crippen MR) is 94.1 cm³/mol. The van der Waals surface area contributed by atoms with Crippen LogP contribution in [0, 0.1) is 6.92 Å². The third kappa shape index (κ3) is 2.59. The van der Waals surface area contributed by atoms with Crippen molar-refractivity contribution < 1.29 is 0 Å². The van der Waals surface area contributed by atoms with Crippen molar-refractivity contribution in [2.75, 3.05) is 11.6 Å². The summed E-state index contributed by atoms with van der Waals surface area (Å²) >= 11 is 12.2. The molecule has 22 heavy (non-hydrogen) atoms. The Labute approximate surface area is 140 Å². The van der Waals surface area contributed by atoms with Gasteiger partial charge in [-0.3, -0.25) is 4.99 Å². The van der Waals surface area contributed by atoms with Crippen molar-refractivity contribution >= 4 is 40.9 Å². The molecule has 0 aliphatic carbocycles. The van der Waals surface area contributed by atoms with E-state index in [9.17, 15) is 0 Å². The summed E-state index contributed by atoms with van der Waals surface area (Å²) in [6, 6.07) is 8.17. The molecule has 1 aliphatic rings. The average Bonchev–Trinajstić information content (AvgIpc) is 2.48. The molecular formula is C17H17Cl2N3. The van der Waals surface area contributed by atoms with Crippen molar-refractivity contribution in [2.45, 2.75) is 26.7 Å². The predicted octanol–water partition coefficient (Wildman–Crippen LogP) is 5.35. The Bertz CT molecular complexity index is 754. The molecule has 3 nitrogen and oxygen atoms in total. The maximum atomic E-state index is 6.13. The molecule has 0 atom stereocenters. The normalized spacial score (nSPS) is 13.6. The fourth-order valence-corrected chi connectivity index (χ4v) is 3.06. The molecule has 5 heteroatoms. The Balaban J connectivity index is 2.20. The molecule has 3 rings (SSSR count). The molecule has 1 aromatic carbocycles. The largest absolute Gasteiger partial charge is 0.305 e.